The molecule has 0 aliphatic carbocycles. The highest BCUT2D eigenvalue weighted by Gasteiger charge is 2.38. The quantitative estimate of drug-likeness (QED) is 0.466. The molecule has 2 unspecified atom stereocenters. The van der Waals surface area contributed by atoms with Gasteiger partial charge in [-0.2, -0.15) is 0 Å². The zero-order chi connectivity index (χ0) is 21.8. The number of benzene rings is 1. The topological polar surface area (TPSA) is 136 Å². The van der Waals surface area contributed by atoms with Crippen LogP contribution in [0.15, 0.2) is 24.3 Å². The summed E-state index contributed by atoms with van der Waals surface area (Å²) < 4.78 is 0. The number of imide groups is 1. The van der Waals surface area contributed by atoms with Gasteiger partial charge >= 0.3 is 12.2 Å². The molecule has 0 saturated heterocycles. The lowest BCUT2D eigenvalue weighted by molar-refractivity contribution is 0.0595. The normalized spacial score (nSPS) is 15.6. The number of amides is 4. The molecule has 1 aliphatic rings. The molecule has 29 heavy (non-hydrogen) atoms. The van der Waals surface area contributed by atoms with Gasteiger partial charge in [-0.15, -0.1) is 0 Å². The van der Waals surface area contributed by atoms with E-state index in [0.29, 0.717) is 24.0 Å². The number of rotatable bonds is 9. The molecule has 0 bridgehead atoms. The number of fused-ring (bicyclic) bond motifs is 1. The van der Waals surface area contributed by atoms with Crippen molar-refractivity contribution in [3.05, 3.63) is 35.4 Å². The maximum Gasteiger partial charge on any atom is 0.404 e. The standard InChI is InChI=1S/C20H27N3O6/c1-12(22-19(28)29)13(10-20(2,3)8-9-21-18(26)27)11-23-16(24)14-6-4-5-7-15(14)17(23)25/h4-7,12-13,21-22H,8-11H2,1-3H3,(H,26,27)(H,28,29). The minimum absolute atomic E-state index is 0.0730. The molecule has 4 N–H and O–H groups in total. The van der Waals surface area contributed by atoms with Crippen molar-refractivity contribution < 1.29 is 29.4 Å². The highest BCUT2D eigenvalue weighted by molar-refractivity contribution is 6.21. The largest absolute Gasteiger partial charge is 0.465 e. The lowest BCUT2D eigenvalue weighted by Gasteiger charge is -2.34. The van der Waals surface area contributed by atoms with Crippen molar-refractivity contribution in [3.8, 4) is 0 Å². The van der Waals surface area contributed by atoms with Crippen molar-refractivity contribution in [1.29, 1.82) is 0 Å². The van der Waals surface area contributed by atoms with Gasteiger partial charge in [0, 0.05) is 19.1 Å². The monoisotopic (exact) mass is 405 g/mol. The second kappa shape index (κ2) is 8.93. The Bertz CT molecular complexity index is 772. The van der Waals surface area contributed by atoms with Crippen molar-refractivity contribution in [2.75, 3.05) is 13.1 Å². The molecule has 1 aromatic carbocycles. The minimum atomic E-state index is -1.18. The van der Waals surface area contributed by atoms with Crippen LogP contribution in [-0.4, -0.2) is 58.2 Å². The van der Waals surface area contributed by atoms with Crippen LogP contribution in [0.1, 0.15) is 54.3 Å². The molecule has 2 rings (SSSR count). The summed E-state index contributed by atoms with van der Waals surface area (Å²) >= 11 is 0. The molecule has 1 aromatic rings. The van der Waals surface area contributed by atoms with E-state index in [1.165, 1.54) is 4.90 Å². The first-order valence-corrected chi connectivity index (χ1v) is 9.43. The summed E-state index contributed by atoms with van der Waals surface area (Å²) in [7, 11) is 0. The van der Waals surface area contributed by atoms with Crippen LogP contribution in [0.3, 0.4) is 0 Å². The van der Waals surface area contributed by atoms with Gasteiger partial charge in [0.2, 0.25) is 0 Å². The summed E-state index contributed by atoms with van der Waals surface area (Å²) in [5, 5.41) is 22.6. The number of carboxylic acid groups (broad SMARTS) is 2. The van der Waals surface area contributed by atoms with Gasteiger partial charge in [0.25, 0.3) is 11.8 Å². The van der Waals surface area contributed by atoms with Gasteiger partial charge < -0.3 is 20.8 Å². The summed E-state index contributed by atoms with van der Waals surface area (Å²) in [5.74, 6) is -1.11. The molecule has 0 spiro atoms. The fraction of sp³-hybridized carbons (Fsp3) is 0.500. The van der Waals surface area contributed by atoms with E-state index in [4.69, 9.17) is 10.2 Å². The van der Waals surface area contributed by atoms with E-state index in [-0.39, 0.29) is 36.2 Å². The van der Waals surface area contributed by atoms with E-state index in [0.717, 1.165) is 0 Å². The van der Waals surface area contributed by atoms with Crippen LogP contribution in [0.25, 0.3) is 0 Å². The predicted octanol–water partition coefficient (Wildman–Crippen LogP) is 2.63. The molecule has 158 valence electrons. The predicted molar refractivity (Wildman–Crippen MR) is 105 cm³/mol. The average Bonchev–Trinajstić information content (AvgIpc) is 2.85. The summed E-state index contributed by atoms with van der Waals surface area (Å²) in [6, 6.07) is 6.08. The Kier molecular flexibility index (Phi) is 6.84. The fourth-order valence-corrected chi connectivity index (χ4v) is 3.67. The summed E-state index contributed by atoms with van der Waals surface area (Å²) in [6.45, 7) is 5.91. The lowest BCUT2D eigenvalue weighted by Crippen LogP contribution is -2.46. The SMILES string of the molecule is CC(NC(=O)O)C(CN1C(=O)c2ccccc2C1=O)CC(C)(C)CCNC(=O)O. The van der Waals surface area contributed by atoms with Crippen LogP contribution in [-0.2, 0) is 0 Å². The van der Waals surface area contributed by atoms with Crippen LogP contribution in [0, 0.1) is 11.3 Å². The molecular weight excluding hydrogens is 378 g/mol. The number of hydrogen-bond acceptors (Lipinski definition) is 4. The van der Waals surface area contributed by atoms with Crippen molar-refractivity contribution in [3.63, 3.8) is 0 Å². The molecule has 1 heterocycles. The first-order chi connectivity index (χ1) is 13.5. The van der Waals surface area contributed by atoms with Gasteiger partial charge in [0.1, 0.15) is 0 Å². The minimum Gasteiger partial charge on any atom is -0.465 e. The van der Waals surface area contributed by atoms with Crippen molar-refractivity contribution in [2.45, 2.75) is 39.7 Å². The van der Waals surface area contributed by atoms with Crippen LogP contribution in [0.5, 0.6) is 0 Å². The second-order valence-electron chi connectivity index (χ2n) is 8.12. The first kappa shape index (κ1) is 22.2. The second-order valence-corrected chi connectivity index (χ2v) is 8.12. The van der Waals surface area contributed by atoms with E-state index in [2.05, 4.69) is 10.6 Å². The van der Waals surface area contributed by atoms with Crippen molar-refractivity contribution >= 4 is 24.0 Å². The number of carbonyl (C=O) groups is 4. The molecule has 0 fully saturated rings. The Morgan fingerprint density at radius 3 is 2.10 bits per heavy atom. The van der Waals surface area contributed by atoms with Crippen molar-refractivity contribution in [2.24, 2.45) is 11.3 Å². The van der Waals surface area contributed by atoms with Crippen LogP contribution in [0.4, 0.5) is 9.59 Å². The summed E-state index contributed by atoms with van der Waals surface area (Å²) in [4.78, 5) is 48.4. The third-order valence-corrected chi connectivity index (χ3v) is 5.25. The highest BCUT2D eigenvalue weighted by atomic mass is 16.4. The third-order valence-electron chi connectivity index (χ3n) is 5.25. The van der Waals surface area contributed by atoms with Gasteiger partial charge in [0.05, 0.1) is 11.1 Å². The molecule has 0 saturated carbocycles. The zero-order valence-electron chi connectivity index (χ0n) is 16.8. The molecule has 9 nitrogen and oxygen atoms in total. The van der Waals surface area contributed by atoms with E-state index in [1.807, 2.05) is 13.8 Å². The maximum atomic E-state index is 12.7. The van der Waals surface area contributed by atoms with Crippen LogP contribution >= 0.6 is 0 Å². The Labute approximate surface area is 169 Å². The number of nitrogens with one attached hydrogen (secondary N) is 2. The maximum absolute atomic E-state index is 12.7. The third kappa shape index (κ3) is 5.69. The Hall–Kier alpha value is -3.10. The van der Waals surface area contributed by atoms with Crippen LogP contribution in [0.2, 0.25) is 0 Å². The molecule has 1 aliphatic heterocycles. The molecule has 9 heteroatoms. The number of carbonyl (C=O) groups excluding carboxylic acids is 2. The van der Waals surface area contributed by atoms with E-state index in [9.17, 15) is 19.2 Å². The van der Waals surface area contributed by atoms with E-state index < -0.39 is 18.2 Å². The van der Waals surface area contributed by atoms with Gasteiger partial charge in [0.15, 0.2) is 0 Å². The molecule has 0 aromatic heterocycles. The Balaban J connectivity index is 2.16. The molecular formula is C20H27N3O6. The number of hydrogen-bond donors (Lipinski definition) is 4. The molecule has 4 amide bonds. The Morgan fingerprint density at radius 1 is 1.07 bits per heavy atom. The zero-order valence-corrected chi connectivity index (χ0v) is 16.8. The summed E-state index contributed by atoms with van der Waals surface area (Å²) in [5.41, 5.74) is 0.347. The number of nitrogens with zero attached hydrogens (tertiary/aromatic N) is 1. The Morgan fingerprint density at radius 2 is 1.62 bits per heavy atom. The summed E-state index contributed by atoms with van der Waals surface area (Å²) in [6.07, 6.45) is -1.28. The van der Waals surface area contributed by atoms with E-state index >= 15 is 0 Å². The smallest absolute Gasteiger partial charge is 0.404 e. The van der Waals surface area contributed by atoms with Gasteiger partial charge in [-0.1, -0.05) is 26.0 Å². The molecule has 2 atom stereocenters. The molecule has 0 radical (unpaired) electrons. The highest BCUT2D eigenvalue weighted by Crippen LogP contribution is 2.33. The van der Waals surface area contributed by atoms with E-state index in [1.54, 1.807) is 31.2 Å². The fourth-order valence-electron chi connectivity index (χ4n) is 3.67. The first-order valence-electron chi connectivity index (χ1n) is 9.43. The van der Waals surface area contributed by atoms with Gasteiger partial charge in [-0.05, 0) is 43.2 Å². The van der Waals surface area contributed by atoms with Crippen LogP contribution < -0.4 is 10.6 Å². The van der Waals surface area contributed by atoms with Gasteiger partial charge in [-0.3, -0.25) is 14.5 Å². The average molecular weight is 405 g/mol. The van der Waals surface area contributed by atoms with Crippen molar-refractivity contribution in [1.82, 2.24) is 15.5 Å². The van der Waals surface area contributed by atoms with Gasteiger partial charge in [-0.25, -0.2) is 9.59 Å². The lowest BCUT2D eigenvalue weighted by atomic mass is 9.77.